The minimum absolute atomic E-state index is 0.197. The molecule has 2 aliphatic carbocycles. The molecule has 2 aromatic heterocycles. The van der Waals surface area contributed by atoms with Crippen LogP contribution in [0.15, 0.2) is 77.8 Å². The second kappa shape index (κ2) is 19.4. The maximum atomic E-state index is 14.4. The number of piperidine rings is 1. The molecule has 5 aliphatic rings. The van der Waals surface area contributed by atoms with E-state index in [1.54, 1.807) is 6.92 Å². The second-order valence-electron chi connectivity index (χ2n) is 21.2. The number of aromatic amines is 1. The summed E-state index contributed by atoms with van der Waals surface area (Å²) in [5, 5.41) is 28.7. The lowest BCUT2D eigenvalue weighted by molar-refractivity contribution is -0.0227. The van der Waals surface area contributed by atoms with Gasteiger partial charge in [-0.2, -0.15) is 0 Å². The number of aliphatic hydroxyl groups excluding tert-OH is 1. The van der Waals surface area contributed by atoms with Gasteiger partial charge in [-0.3, -0.25) is 14.4 Å². The maximum Gasteiger partial charge on any atom is 0.265 e. The van der Waals surface area contributed by atoms with Crippen LogP contribution in [0, 0.1) is 11.3 Å². The van der Waals surface area contributed by atoms with Gasteiger partial charge in [0.25, 0.3) is 5.91 Å². The van der Waals surface area contributed by atoms with Crippen LogP contribution in [0.2, 0.25) is 0 Å². The molecule has 10 rings (SSSR count). The monoisotopic (exact) mass is 942 g/mol. The van der Waals surface area contributed by atoms with Crippen LogP contribution in [0.1, 0.15) is 138 Å². The average Bonchev–Trinajstić information content (AvgIpc) is 4.01. The summed E-state index contributed by atoms with van der Waals surface area (Å²) in [5.41, 5.74) is 7.14. The van der Waals surface area contributed by atoms with Crippen LogP contribution in [0.3, 0.4) is 0 Å². The van der Waals surface area contributed by atoms with E-state index in [1.807, 2.05) is 43.5 Å². The van der Waals surface area contributed by atoms with Gasteiger partial charge in [0, 0.05) is 60.0 Å². The van der Waals surface area contributed by atoms with Crippen LogP contribution >= 0.6 is 11.9 Å². The van der Waals surface area contributed by atoms with Crippen molar-refractivity contribution in [1.29, 1.82) is 0 Å². The van der Waals surface area contributed by atoms with Crippen LogP contribution in [0.4, 0.5) is 17.2 Å². The summed E-state index contributed by atoms with van der Waals surface area (Å²) in [6.45, 7) is 14.4. The average molecular weight is 942 g/mol. The van der Waals surface area contributed by atoms with E-state index in [-0.39, 0.29) is 18.5 Å². The Hall–Kier alpha value is -4.95. The fourth-order valence-electron chi connectivity index (χ4n) is 12.0. The Kier molecular flexibility index (Phi) is 13.4. The summed E-state index contributed by atoms with van der Waals surface area (Å²) in [5.74, 6) is 2.88. The van der Waals surface area contributed by atoms with Crippen molar-refractivity contribution in [2.45, 2.75) is 146 Å². The Morgan fingerprint density at radius 1 is 0.985 bits per heavy atom. The Morgan fingerprint density at radius 3 is 2.54 bits per heavy atom. The largest absolute Gasteiger partial charge is 0.489 e. The maximum absolute atomic E-state index is 14.4. The molecule has 12 nitrogen and oxygen atoms in total. The molecule has 2 saturated carbocycles. The van der Waals surface area contributed by atoms with Gasteiger partial charge in [-0.1, -0.05) is 45.0 Å². The molecule has 2 saturated heterocycles. The highest BCUT2D eigenvalue weighted by Crippen LogP contribution is 2.54. The number of pyridine rings is 1. The number of hydrogen-bond donors (Lipinski definition) is 6. The number of benzene rings is 3. The third kappa shape index (κ3) is 9.78. The highest BCUT2D eigenvalue weighted by Gasteiger charge is 2.50. The molecule has 3 atom stereocenters. The van der Waals surface area contributed by atoms with Crippen molar-refractivity contribution >= 4 is 46.1 Å². The summed E-state index contributed by atoms with van der Waals surface area (Å²) in [4.78, 5) is 28.5. The van der Waals surface area contributed by atoms with E-state index in [9.17, 15) is 15.0 Å². The molecule has 1 amide bonds. The van der Waals surface area contributed by atoms with E-state index in [4.69, 9.17) is 14.5 Å². The topological polar surface area (TPSA) is 147 Å². The first-order valence-electron chi connectivity index (χ1n) is 25.4. The van der Waals surface area contributed by atoms with E-state index < -0.39 is 11.7 Å². The van der Waals surface area contributed by atoms with Crippen LogP contribution in [-0.4, -0.2) is 87.6 Å². The first-order chi connectivity index (χ1) is 32.8. The van der Waals surface area contributed by atoms with E-state index in [0.29, 0.717) is 64.5 Å². The summed E-state index contributed by atoms with van der Waals surface area (Å²) in [6.07, 6.45) is 12.9. The van der Waals surface area contributed by atoms with Gasteiger partial charge in [-0.05, 0) is 173 Å². The zero-order chi connectivity index (χ0) is 47.2. The molecule has 3 aromatic carbocycles. The van der Waals surface area contributed by atoms with Crippen molar-refractivity contribution in [1.82, 2.24) is 19.6 Å². The molecular weight excluding hydrogens is 871 g/mol. The molecule has 13 heteroatoms. The summed E-state index contributed by atoms with van der Waals surface area (Å²) < 4.78 is 16.3. The predicted octanol–water partition coefficient (Wildman–Crippen LogP) is 11.0. The zero-order valence-corrected chi connectivity index (χ0v) is 41.4. The number of H-pyrrole nitrogens is 1. The number of nitrogens with zero attached hydrogens (tertiary/aromatic N) is 3. The molecule has 1 spiro atoms. The molecule has 5 aromatic rings. The molecular formula is C55H71N7O5S. The standard InChI is InChI=1S/C55H71N7O5S/c1-6-36-26-41(29-48-50(36)58-45(33-66-48)37-15-18-54(5,65)19-16-37)68-60-53(64)44-14-13-39(28-47(44)67-49-27-38-17-22-56-51(38)59-52(49)57-32-35(4)63)61-24-20-55(21-25-61)30-40(31-55)62-23-9-12-46(62)43-11-8-7-10-42(43)34(2)3/h7-8,10-11,13-14,17,22,26-29,34-35,37,40,45-46,58,63,65H,6,9,12,15-16,18-21,23-25,30-33H2,1-5H3,(H,60,64)(H2,56,57,59)/t35-,37-,45?,46+,54-/m0/s1. The molecule has 0 radical (unpaired) electrons. The Morgan fingerprint density at radius 2 is 1.78 bits per heavy atom. The molecule has 1 unspecified atom stereocenters. The van der Waals surface area contributed by atoms with Crippen molar-refractivity contribution < 1.29 is 24.5 Å². The van der Waals surface area contributed by atoms with E-state index >= 15 is 0 Å². The number of aryl methyl sites for hydroxylation is 1. The summed E-state index contributed by atoms with van der Waals surface area (Å²) in [6, 6.07) is 24.5. The van der Waals surface area contributed by atoms with Gasteiger partial charge in [-0.15, -0.1) is 0 Å². The number of fused-ring (bicyclic) bond motifs is 2. The molecule has 3 aliphatic heterocycles. The van der Waals surface area contributed by atoms with Crippen molar-refractivity contribution in [2.75, 3.05) is 48.3 Å². The number of aliphatic hydroxyl groups is 2. The zero-order valence-electron chi connectivity index (χ0n) is 40.6. The summed E-state index contributed by atoms with van der Waals surface area (Å²) in [7, 11) is 0. The Balaban J connectivity index is 0.853. The molecule has 4 fully saturated rings. The van der Waals surface area contributed by atoms with Gasteiger partial charge in [0.2, 0.25) is 0 Å². The number of carbonyl (C=O) groups excluding carboxylic acids is 1. The predicted molar refractivity (Wildman–Crippen MR) is 274 cm³/mol. The number of anilines is 3. The summed E-state index contributed by atoms with van der Waals surface area (Å²) >= 11 is 1.28. The van der Waals surface area contributed by atoms with Crippen LogP contribution in [0.5, 0.6) is 17.2 Å². The smallest absolute Gasteiger partial charge is 0.265 e. The Labute approximate surface area is 406 Å². The van der Waals surface area contributed by atoms with E-state index in [1.165, 1.54) is 55.3 Å². The van der Waals surface area contributed by atoms with E-state index in [2.05, 4.69) is 87.3 Å². The van der Waals surface area contributed by atoms with Crippen LogP contribution in [-0.2, 0) is 6.42 Å². The highest BCUT2D eigenvalue weighted by atomic mass is 32.2. The van der Waals surface area contributed by atoms with Crippen molar-refractivity contribution in [3.63, 3.8) is 0 Å². The lowest BCUT2D eigenvalue weighted by Gasteiger charge is -2.56. The first kappa shape index (κ1) is 46.8. The number of nitrogens with one attached hydrogen (secondary N) is 4. The van der Waals surface area contributed by atoms with Gasteiger partial charge in [0.05, 0.1) is 29.0 Å². The number of ether oxygens (including phenoxy) is 2. The number of carbonyl (C=O) groups is 1. The quantitative estimate of drug-likeness (QED) is 0.0591. The third-order valence-electron chi connectivity index (χ3n) is 16.0. The van der Waals surface area contributed by atoms with Gasteiger partial charge in [0.15, 0.2) is 11.6 Å². The highest BCUT2D eigenvalue weighted by molar-refractivity contribution is 7.98. The number of rotatable bonds is 14. The lowest BCUT2D eigenvalue weighted by Crippen LogP contribution is -2.54. The molecule has 6 N–H and O–H groups in total. The minimum atomic E-state index is -0.604. The molecule has 362 valence electrons. The third-order valence-corrected chi connectivity index (χ3v) is 16.7. The molecule has 5 heterocycles. The molecule has 68 heavy (non-hydrogen) atoms. The van der Waals surface area contributed by atoms with Crippen LogP contribution < -0.4 is 29.7 Å². The van der Waals surface area contributed by atoms with Gasteiger partial charge < -0.3 is 40.2 Å². The first-order valence-corrected chi connectivity index (χ1v) is 26.2. The normalized spacial score (nSPS) is 24.3. The second-order valence-corrected chi connectivity index (χ2v) is 22.1. The van der Waals surface area contributed by atoms with Gasteiger partial charge in [-0.25, -0.2) is 4.98 Å². The number of aromatic nitrogens is 2. The lowest BCUT2D eigenvalue weighted by atomic mass is 9.59. The van der Waals surface area contributed by atoms with Gasteiger partial charge >= 0.3 is 0 Å². The minimum Gasteiger partial charge on any atom is -0.489 e. The van der Waals surface area contributed by atoms with Crippen molar-refractivity contribution in [3.8, 4) is 17.2 Å². The van der Waals surface area contributed by atoms with Crippen molar-refractivity contribution in [3.05, 3.63) is 95.2 Å². The van der Waals surface area contributed by atoms with Gasteiger partial charge in [0.1, 0.15) is 23.8 Å². The fraction of sp³-hybridized carbons (Fsp3) is 0.527. The fourth-order valence-corrected chi connectivity index (χ4v) is 12.7. The van der Waals surface area contributed by atoms with Crippen molar-refractivity contribution in [2.24, 2.45) is 11.3 Å². The number of likely N-dealkylation sites (tertiary alicyclic amines) is 1. The number of amides is 1. The Bertz CT molecular complexity index is 2570. The van der Waals surface area contributed by atoms with Crippen LogP contribution in [0.25, 0.3) is 11.0 Å². The molecule has 0 bridgehead atoms. The SMILES string of the molecule is CCc1cc(SNC(=O)c2ccc(N3CCC4(CC3)CC(N3CCC[C@@H]3c3ccccc3C(C)C)C4)cc2Oc2cc3cc[nH]c3nc2NC[C@H](C)O)cc2c1NC([C@H]1CC[C@](C)(O)CC1)CO2. The van der Waals surface area contributed by atoms with E-state index in [0.717, 1.165) is 91.0 Å². The number of hydrogen-bond acceptors (Lipinski definition) is 11.